The molecule has 13 heteroatoms. The van der Waals surface area contributed by atoms with Crippen LogP contribution in [0.2, 0.25) is 0 Å². The molecule has 2 aromatic heterocycles. The van der Waals surface area contributed by atoms with Gasteiger partial charge in [0.2, 0.25) is 0 Å². The van der Waals surface area contributed by atoms with E-state index in [0.29, 0.717) is 0 Å². The van der Waals surface area contributed by atoms with Crippen LogP contribution in [-0.2, 0) is 27.2 Å². The summed E-state index contributed by atoms with van der Waals surface area (Å²) in [5.41, 5.74) is 16.6. The van der Waals surface area contributed by atoms with Crippen LogP contribution in [0.1, 0.15) is 11.4 Å². The number of nitrogens with two attached hydrogens (primary N) is 3. The van der Waals surface area contributed by atoms with Crippen LogP contribution in [0.25, 0.3) is 0 Å². The minimum Gasteiger partial charge on any atom is -0.480 e. The molecule has 0 bridgehead atoms. The quantitative estimate of drug-likeness (QED) is 0.253. The molecule has 0 fully saturated rings. The summed E-state index contributed by atoms with van der Waals surface area (Å²) in [6.07, 6.45) is 6.67. The zero-order chi connectivity index (χ0) is 20.8. The van der Waals surface area contributed by atoms with Gasteiger partial charge in [0.05, 0.1) is 19.2 Å². The van der Waals surface area contributed by atoms with Crippen molar-refractivity contribution in [3.63, 3.8) is 0 Å². The summed E-state index contributed by atoms with van der Waals surface area (Å²) >= 11 is 0. The third-order valence-corrected chi connectivity index (χ3v) is 2.80. The van der Waals surface area contributed by atoms with E-state index in [0.717, 1.165) is 11.4 Å². The van der Waals surface area contributed by atoms with Crippen LogP contribution < -0.4 is 17.2 Å². The predicted octanol–water partition coefficient (Wildman–Crippen LogP) is -2.24. The largest absolute Gasteiger partial charge is 0.480 e. The Morgan fingerprint density at radius 2 is 1.22 bits per heavy atom. The summed E-state index contributed by atoms with van der Waals surface area (Å²) < 4.78 is 0. The number of hydrogen-bond acceptors (Lipinski definition) is 8. The Balaban J connectivity index is 0.000000405. The maximum absolute atomic E-state index is 10.3. The molecule has 2 atom stereocenters. The summed E-state index contributed by atoms with van der Waals surface area (Å²) in [5, 5.41) is 24.4. The number of rotatable bonds is 7. The van der Waals surface area contributed by atoms with Crippen molar-refractivity contribution in [3.8, 4) is 0 Å². The number of carboxylic acids is 3. The SMILES string of the molecule is NCC(=O)O.N[C@@H](Cc1cnc[nH]1)C(=O)O.N[C@@H](Cc1cnc[nH]1)C(=O)O. The van der Waals surface area contributed by atoms with Gasteiger partial charge in [-0.2, -0.15) is 0 Å². The molecular weight excluding hydrogens is 362 g/mol. The number of carbonyl (C=O) groups is 3. The summed E-state index contributed by atoms with van der Waals surface area (Å²) in [6, 6.07) is -1.70. The van der Waals surface area contributed by atoms with Gasteiger partial charge in [-0.25, -0.2) is 9.97 Å². The third-order valence-electron chi connectivity index (χ3n) is 2.80. The molecule has 0 aliphatic heterocycles. The van der Waals surface area contributed by atoms with Gasteiger partial charge in [0.1, 0.15) is 12.1 Å². The van der Waals surface area contributed by atoms with E-state index in [4.69, 9.17) is 26.8 Å². The van der Waals surface area contributed by atoms with Crippen LogP contribution in [0.3, 0.4) is 0 Å². The van der Waals surface area contributed by atoms with Crippen molar-refractivity contribution in [2.45, 2.75) is 24.9 Å². The molecule has 0 aromatic carbocycles. The molecule has 0 saturated carbocycles. The van der Waals surface area contributed by atoms with Gasteiger partial charge in [-0.05, 0) is 0 Å². The minimum absolute atomic E-state index is 0.278. The predicted molar refractivity (Wildman–Crippen MR) is 92.5 cm³/mol. The molecule has 2 rings (SSSR count). The molecule has 11 N–H and O–H groups in total. The van der Waals surface area contributed by atoms with Crippen LogP contribution in [-0.4, -0.2) is 71.8 Å². The molecule has 2 heterocycles. The fraction of sp³-hybridized carbons (Fsp3) is 0.357. The van der Waals surface area contributed by atoms with Gasteiger partial charge in [-0.3, -0.25) is 14.4 Å². The van der Waals surface area contributed by atoms with Gasteiger partial charge in [0, 0.05) is 36.6 Å². The number of aliphatic carboxylic acids is 3. The van der Waals surface area contributed by atoms with Gasteiger partial charge in [-0.1, -0.05) is 0 Å². The number of H-pyrrole nitrogens is 2. The van der Waals surface area contributed by atoms with E-state index < -0.39 is 30.0 Å². The summed E-state index contributed by atoms with van der Waals surface area (Å²) in [7, 11) is 0. The van der Waals surface area contributed by atoms with E-state index in [1.54, 1.807) is 12.4 Å². The highest BCUT2D eigenvalue weighted by atomic mass is 16.4. The first-order valence-electron chi connectivity index (χ1n) is 7.50. The summed E-state index contributed by atoms with van der Waals surface area (Å²) in [4.78, 5) is 42.8. The summed E-state index contributed by atoms with van der Waals surface area (Å²) in [5.74, 6) is -2.97. The zero-order valence-corrected chi connectivity index (χ0v) is 14.3. The maximum Gasteiger partial charge on any atom is 0.320 e. The van der Waals surface area contributed by atoms with E-state index in [2.05, 4.69) is 25.7 Å². The molecule has 0 spiro atoms. The smallest absolute Gasteiger partial charge is 0.320 e. The molecule has 150 valence electrons. The van der Waals surface area contributed by atoms with Crippen molar-refractivity contribution >= 4 is 17.9 Å². The van der Waals surface area contributed by atoms with Crippen molar-refractivity contribution in [3.05, 3.63) is 36.4 Å². The van der Waals surface area contributed by atoms with Crippen LogP contribution in [0.4, 0.5) is 0 Å². The van der Waals surface area contributed by atoms with Crippen LogP contribution in [0, 0.1) is 0 Å². The van der Waals surface area contributed by atoms with Crippen LogP contribution in [0.5, 0.6) is 0 Å². The van der Waals surface area contributed by atoms with Gasteiger partial charge in [0.15, 0.2) is 0 Å². The van der Waals surface area contributed by atoms with Crippen molar-refractivity contribution in [1.82, 2.24) is 19.9 Å². The number of imidazole rings is 2. The Labute approximate surface area is 153 Å². The third kappa shape index (κ3) is 11.8. The Hall–Kier alpha value is -3.29. The maximum atomic E-state index is 10.3. The second kappa shape index (κ2) is 13.0. The first-order valence-corrected chi connectivity index (χ1v) is 7.50. The Kier molecular flexibility index (Phi) is 11.4. The molecule has 0 amide bonds. The molecule has 0 aliphatic rings. The lowest BCUT2D eigenvalue weighted by Gasteiger charge is -2.02. The molecule has 2 aromatic rings. The Bertz CT molecular complexity index is 622. The molecule has 0 radical (unpaired) electrons. The van der Waals surface area contributed by atoms with E-state index in [-0.39, 0.29) is 19.4 Å². The Morgan fingerprint density at radius 1 is 0.889 bits per heavy atom. The zero-order valence-electron chi connectivity index (χ0n) is 14.3. The lowest BCUT2D eigenvalue weighted by atomic mass is 10.2. The summed E-state index contributed by atoms with van der Waals surface area (Å²) in [6.45, 7) is -0.278. The molecule has 13 nitrogen and oxygen atoms in total. The monoisotopic (exact) mass is 385 g/mol. The van der Waals surface area contributed by atoms with Gasteiger partial charge in [-0.15, -0.1) is 0 Å². The number of hydrogen-bond donors (Lipinski definition) is 8. The standard InChI is InChI=1S/2C6H9N3O2.C2H5NO2/c2*7-5(6(10)11)1-4-2-8-3-9-4;3-1-2(4)5/h2*2-3,5H,1,7H2,(H,8,9)(H,10,11);1,3H2,(H,4,5)/t2*5-;/m00./s1. The minimum atomic E-state index is -1.00. The van der Waals surface area contributed by atoms with E-state index in [9.17, 15) is 14.4 Å². The van der Waals surface area contributed by atoms with Gasteiger partial charge < -0.3 is 42.5 Å². The van der Waals surface area contributed by atoms with E-state index in [1.807, 2.05) is 0 Å². The van der Waals surface area contributed by atoms with E-state index >= 15 is 0 Å². The van der Waals surface area contributed by atoms with Crippen molar-refractivity contribution in [2.75, 3.05) is 6.54 Å². The molecule has 0 saturated heterocycles. The van der Waals surface area contributed by atoms with Crippen molar-refractivity contribution < 1.29 is 29.7 Å². The van der Waals surface area contributed by atoms with Gasteiger partial charge in [0.25, 0.3) is 0 Å². The second-order valence-corrected chi connectivity index (χ2v) is 5.05. The Morgan fingerprint density at radius 3 is 1.41 bits per heavy atom. The number of carboxylic acid groups (broad SMARTS) is 3. The number of aromatic nitrogens is 4. The molecule has 27 heavy (non-hydrogen) atoms. The number of nitrogens with zero attached hydrogens (tertiary/aromatic N) is 2. The average molecular weight is 385 g/mol. The topological polar surface area (TPSA) is 247 Å². The fourth-order valence-electron chi connectivity index (χ4n) is 1.44. The molecule has 0 aliphatic carbocycles. The lowest BCUT2D eigenvalue weighted by molar-refractivity contribution is -0.139. The van der Waals surface area contributed by atoms with Gasteiger partial charge >= 0.3 is 17.9 Å². The first-order chi connectivity index (χ1) is 12.7. The van der Waals surface area contributed by atoms with Crippen molar-refractivity contribution in [2.24, 2.45) is 17.2 Å². The first kappa shape index (κ1) is 23.7. The fourth-order valence-corrected chi connectivity index (χ4v) is 1.44. The normalized spacial score (nSPS) is 11.8. The average Bonchev–Trinajstić information content (AvgIpc) is 3.29. The van der Waals surface area contributed by atoms with Crippen LogP contribution >= 0.6 is 0 Å². The second-order valence-electron chi connectivity index (χ2n) is 5.05. The highest BCUT2D eigenvalue weighted by molar-refractivity contribution is 5.73. The number of nitrogens with one attached hydrogen (secondary N) is 2. The lowest BCUT2D eigenvalue weighted by Crippen LogP contribution is -2.32. The highest BCUT2D eigenvalue weighted by Crippen LogP contribution is 1.96. The highest BCUT2D eigenvalue weighted by Gasteiger charge is 2.12. The van der Waals surface area contributed by atoms with Crippen molar-refractivity contribution in [1.29, 1.82) is 0 Å². The van der Waals surface area contributed by atoms with Crippen LogP contribution in [0.15, 0.2) is 25.0 Å². The van der Waals surface area contributed by atoms with E-state index in [1.165, 1.54) is 12.7 Å². The molecular formula is C14H23N7O6. The number of aromatic amines is 2. The molecule has 0 unspecified atom stereocenters.